The van der Waals surface area contributed by atoms with Crippen LogP contribution < -0.4 is 0 Å². The van der Waals surface area contributed by atoms with E-state index in [1.54, 1.807) is 53.8 Å². The smallest absolute Gasteiger partial charge is 0.311 e. The molecule has 0 amide bonds. The number of aliphatic hydroxyl groups is 3. The van der Waals surface area contributed by atoms with Crippen molar-refractivity contribution in [1.82, 2.24) is 4.90 Å². The van der Waals surface area contributed by atoms with E-state index in [0.717, 1.165) is 0 Å². The molecule has 64 heavy (non-hydrogen) atoms. The summed E-state index contributed by atoms with van der Waals surface area (Å²) in [6.45, 7) is 36.9. The Labute approximate surface area is 389 Å². The molecule has 19 atom stereocenters. The van der Waals surface area contributed by atoms with Gasteiger partial charge < -0.3 is 61.9 Å². The first-order valence-corrected chi connectivity index (χ1v) is 33.9. The third-order valence-electron chi connectivity index (χ3n) is 13.3. The van der Waals surface area contributed by atoms with Gasteiger partial charge in [0.25, 0.3) is 0 Å². The van der Waals surface area contributed by atoms with Gasteiger partial charge in [-0.15, -0.1) is 0 Å². The summed E-state index contributed by atoms with van der Waals surface area (Å²) in [5, 5.41) is 35.8. The number of carbonyl (C=O) groups excluding carboxylic acids is 2. The lowest BCUT2D eigenvalue weighted by atomic mass is 9.74. The van der Waals surface area contributed by atoms with E-state index in [1.807, 2.05) is 41.5 Å². The van der Waals surface area contributed by atoms with E-state index < -0.39 is 145 Å². The van der Waals surface area contributed by atoms with Crippen LogP contribution in [0.15, 0.2) is 0 Å². The zero-order chi connectivity index (χ0) is 49.5. The van der Waals surface area contributed by atoms with Crippen LogP contribution in [0.5, 0.6) is 0 Å². The fourth-order valence-electron chi connectivity index (χ4n) is 10.4. The minimum atomic E-state index is -2.42. The van der Waals surface area contributed by atoms with Crippen LogP contribution in [0.1, 0.15) is 88.5 Å². The van der Waals surface area contributed by atoms with E-state index in [0.29, 0.717) is 6.42 Å². The molecule has 3 rings (SSSR count). The zero-order valence-corrected chi connectivity index (χ0v) is 46.6. The van der Waals surface area contributed by atoms with Gasteiger partial charge in [-0.25, -0.2) is 0 Å². The molecule has 2 unspecified atom stereocenters. The summed E-state index contributed by atoms with van der Waals surface area (Å²) >= 11 is 0. The molecule has 0 aromatic rings. The first kappa shape index (κ1) is 57.6. The molecule has 376 valence electrons. The van der Waals surface area contributed by atoms with Gasteiger partial charge in [-0.3, -0.25) is 9.59 Å². The molecule has 18 heteroatoms. The Hall–Kier alpha value is -0.689. The summed E-state index contributed by atoms with van der Waals surface area (Å²) in [7, 11) is -1.75. The van der Waals surface area contributed by atoms with Crippen molar-refractivity contribution in [3.63, 3.8) is 0 Å². The van der Waals surface area contributed by atoms with Crippen molar-refractivity contribution in [2.45, 2.75) is 238 Å². The van der Waals surface area contributed by atoms with E-state index in [4.69, 9.17) is 41.7 Å². The SMILES string of the molecule is CC[C@H]1OC(=O)[C@H](C)[C@@H](O[C@H]2CC(C)(OC)[C@@H](O[Si](C)(C)C)[C@H](C)O2)[C@H](C)[C@@H](O[C@@H]2O[C@H](C)[C@@H](O)C(N(C)C)[C@H]2O)[C@](C)(O)C[C@@H](C)C(=O)[C@H](C)[C@@H](O[Si](C)(C)C)[C@]1(C)O[Si](C)(C)C. The van der Waals surface area contributed by atoms with Crippen molar-refractivity contribution in [2.75, 3.05) is 21.2 Å². The number of carbonyl (C=O) groups is 2. The highest BCUT2D eigenvalue weighted by Gasteiger charge is 2.57. The highest BCUT2D eigenvalue weighted by atomic mass is 28.4. The Balaban J connectivity index is 2.33. The highest BCUT2D eigenvalue weighted by Crippen LogP contribution is 2.43. The second-order valence-corrected chi connectivity index (χ2v) is 36.5. The quantitative estimate of drug-likeness (QED) is 0.138. The van der Waals surface area contributed by atoms with E-state index in [-0.39, 0.29) is 18.6 Å². The molecule has 15 nitrogen and oxygen atoms in total. The molecule has 0 aliphatic carbocycles. The van der Waals surface area contributed by atoms with Crippen molar-refractivity contribution in [2.24, 2.45) is 23.7 Å². The fourth-order valence-corrected chi connectivity index (χ4v) is 14.4. The van der Waals surface area contributed by atoms with Gasteiger partial charge in [0.2, 0.25) is 0 Å². The maximum absolute atomic E-state index is 15.0. The Morgan fingerprint density at radius 2 is 1.28 bits per heavy atom. The van der Waals surface area contributed by atoms with Crippen molar-refractivity contribution in [1.29, 1.82) is 0 Å². The number of hydrogen-bond acceptors (Lipinski definition) is 15. The standard InChI is InChI=1S/C46H91NO14Si3/c1-23-32-46(10,61-64(20,21)22)40(59-62(14,15)16)27(3)35(48)26(2)24-44(8,52)39(58-43-37(50)34(47(11)12)36(49)30(6)55-43)28(4)38(29(5)42(51)56-32)57-33-25-45(9,53-13)41(31(7)54-33)60-63(17,18)19/h26-34,36-41,43,49-50,52H,23-25H2,1-22H3/t26-,27+,28+,29-,30-,31+,32-,33+,34?,36-,37-,38+,39-,40-,41+,43+,44-,45?,46-/m1/s1. The summed E-state index contributed by atoms with van der Waals surface area (Å²) in [5.74, 6) is -4.03. The number of likely N-dealkylation sites (N-methyl/N-ethyl adjacent to an activating group) is 1. The highest BCUT2D eigenvalue weighted by molar-refractivity contribution is 6.70. The second kappa shape index (κ2) is 21.5. The topological polar surface area (TPSA) is 181 Å². The molecular weight excluding hydrogens is 875 g/mol. The van der Waals surface area contributed by atoms with Crippen LogP contribution in [0, 0.1) is 23.7 Å². The first-order chi connectivity index (χ1) is 28.9. The number of ether oxygens (including phenoxy) is 6. The number of esters is 1. The van der Waals surface area contributed by atoms with E-state index in [1.165, 1.54) is 0 Å². The van der Waals surface area contributed by atoms with Crippen LogP contribution >= 0.6 is 0 Å². The molecule has 0 bridgehead atoms. The van der Waals surface area contributed by atoms with Gasteiger partial charge in [0.1, 0.15) is 23.6 Å². The number of ketones is 1. The van der Waals surface area contributed by atoms with Crippen molar-refractivity contribution in [3.8, 4) is 0 Å². The van der Waals surface area contributed by atoms with Crippen LogP contribution in [0.2, 0.25) is 58.9 Å². The van der Waals surface area contributed by atoms with E-state index in [2.05, 4.69) is 58.9 Å². The average Bonchev–Trinajstić information content (AvgIpc) is 3.13. The van der Waals surface area contributed by atoms with E-state index >= 15 is 4.79 Å². The molecule has 0 spiro atoms. The normalized spacial score (nSPS) is 44.1. The van der Waals surface area contributed by atoms with Gasteiger partial charge in [0, 0.05) is 31.3 Å². The van der Waals surface area contributed by atoms with Crippen LogP contribution in [0.3, 0.4) is 0 Å². The van der Waals surface area contributed by atoms with Crippen LogP contribution in [-0.2, 0) is 51.3 Å². The minimum Gasteiger partial charge on any atom is -0.459 e. The largest absolute Gasteiger partial charge is 0.459 e. The zero-order valence-electron chi connectivity index (χ0n) is 43.6. The molecule has 3 aliphatic rings. The Bertz CT molecular complexity index is 1540. The van der Waals surface area contributed by atoms with Gasteiger partial charge in [0.05, 0.1) is 65.9 Å². The Morgan fingerprint density at radius 1 is 0.734 bits per heavy atom. The minimum absolute atomic E-state index is 0.0638. The third-order valence-corrected chi connectivity index (χ3v) is 16.3. The number of rotatable bonds is 13. The number of hydrogen-bond donors (Lipinski definition) is 3. The van der Waals surface area contributed by atoms with Crippen LogP contribution in [0.25, 0.3) is 0 Å². The number of methoxy groups -OCH3 is 1. The molecule has 3 saturated heterocycles. The lowest BCUT2D eigenvalue weighted by Gasteiger charge is -2.51. The monoisotopic (exact) mass is 966 g/mol. The Kier molecular flexibility index (Phi) is 19.4. The van der Waals surface area contributed by atoms with Crippen molar-refractivity contribution < 1.29 is 66.6 Å². The molecule has 0 saturated carbocycles. The van der Waals surface area contributed by atoms with Gasteiger partial charge in [-0.05, 0) is 127 Å². The summed E-state index contributed by atoms with van der Waals surface area (Å²) in [4.78, 5) is 31.7. The van der Waals surface area contributed by atoms with Crippen molar-refractivity contribution >= 4 is 36.7 Å². The molecule has 0 aromatic carbocycles. The maximum Gasteiger partial charge on any atom is 0.311 e. The van der Waals surface area contributed by atoms with Crippen LogP contribution in [0.4, 0.5) is 0 Å². The van der Waals surface area contributed by atoms with Gasteiger partial charge in [0.15, 0.2) is 37.5 Å². The molecule has 3 aliphatic heterocycles. The molecule has 0 radical (unpaired) electrons. The van der Waals surface area contributed by atoms with Crippen LogP contribution in [-0.4, -0.2) is 168 Å². The van der Waals surface area contributed by atoms with Gasteiger partial charge in [-0.1, -0.05) is 27.7 Å². The lowest BCUT2D eigenvalue weighted by Crippen LogP contribution is -2.65. The number of cyclic esters (lactones) is 1. The third kappa shape index (κ3) is 14.0. The summed E-state index contributed by atoms with van der Waals surface area (Å²) in [5.41, 5.74) is -3.87. The van der Waals surface area contributed by atoms with Gasteiger partial charge in [-0.2, -0.15) is 0 Å². The first-order valence-electron chi connectivity index (χ1n) is 23.7. The number of aliphatic hydroxyl groups excluding tert-OH is 2. The van der Waals surface area contributed by atoms with E-state index in [9.17, 15) is 20.1 Å². The second-order valence-electron chi connectivity index (χ2n) is 23.1. The average molecular weight is 966 g/mol. The summed E-state index contributed by atoms with van der Waals surface area (Å²) < 4.78 is 60.1. The lowest BCUT2D eigenvalue weighted by molar-refractivity contribution is -0.326. The number of Topliss-reactive ketones (excluding diaryl/α,β-unsaturated/α-hetero) is 1. The Morgan fingerprint density at radius 3 is 1.77 bits per heavy atom. The molecule has 3 N–H and O–H groups in total. The fraction of sp³-hybridized carbons (Fsp3) is 0.957. The molecular formula is C46H91NO14Si3. The summed E-state index contributed by atoms with van der Waals surface area (Å²) in [6.07, 6.45) is -9.60. The predicted octanol–water partition coefficient (Wildman–Crippen LogP) is 6.33. The molecule has 3 heterocycles. The van der Waals surface area contributed by atoms with Crippen molar-refractivity contribution in [3.05, 3.63) is 0 Å². The summed E-state index contributed by atoms with van der Waals surface area (Å²) in [6, 6.07) is -0.771. The number of nitrogens with zero attached hydrogens (tertiary/aromatic N) is 1. The predicted molar refractivity (Wildman–Crippen MR) is 254 cm³/mol. The molecule has 3 fully saturated rings. The maximum atomic E-state index is 15.0. The van der Waals surface area contributed by atoms with Gasteiger partial charge >= 0.3 is 5.97 Å². The molecule has 0 aromatic heterocycles.